The first-order chi connectivity index (χ1) is 9.67. The number of rotatable bonds is 5. The molecule has 1 heterocycles. The van der Waals surface area contributed by atoms with Gasteiger partial charge in [-0.15, -0.1) is 0 Å². The van der Waals surface area contributed by atoms with Crippen LogP contribution in [0.5, 0.6) is 0 Å². The second-order valence-electron chi connectivity index (χ2n) is 7.32. The van der Waals surface area contributed by atoms with Crippen molar-refractivity contribution in [2.24, 2.45) is 11.8 Å². The Morgan fingerprint density at radius 3 is 2.35 bits per heavy atom. The molecular formula is C18H36N2. The van der Waals surface area contributed by atoms with Crippen molar-refractivity contribution in [3.05, 3.63) is 0 Å². The van der Waals surface area contributed by atoms with Crippen LogP contribution in [0, 0.1) is 11.8 Å². The summed E-state index contributed by atoms with van der Waals surface area (Å²) in [4.78, 5) is 2.84. The summed E-state index contributed by atoms with van der Waals surface area (Å²) >= 11 is 0. The number of hydrogen-bond acceptors (Lipinski definition) is 2. The Balaban J connectivity index is 2.00. The van der Waals surface area contributed by atoms with Gasteiger partial charge in [-0.05, 0) is 38.0 Å². The van der Waals surface area contributed by atoms with Crippen molar-refractivity contribution in [3.63, 3.8) is 0 Å². The molecule has 1 N–H and O–H groups in total. The van der Waals surface area contributed by atoms with E-state index in [1.54, 1.807) is 0 Å². The topological polar surface area (TPSA) is 15.3 Å². The average Bonchev–Trinajstić information content (AvgIpc) is 2.53. The van der Waals surface area contributed by atoms with Gasteiger partial charge in [-0.2, -0.15) is 0 Å². The SMILES string of the molecule is CCC(C)C1CNC(C2CCCCC2)CN1C(C)CC. The molecule has 2 aliphatic rings. The second kappa shape index (κ2) is 7.79. The molecule has 1 saturated heterocycles. The van der Waals surface area contributed by atoms with Gasteiger partial charge >= 0.3 is 0 Å². The molecule has 0 aromatic rings. The maximum Gasteiger partial charge on any atom is 0.0249 e. The molecule has 0 amide bonds. The predicted octanol–water partition coefficient (Wildman–Crippen LogP) is 4.05. The van der Waals surface area contributed by atoms with Gasteiger partial charge in [0, 0.05) is 31.2 Å². The minimum Gasteiger partial charge on any atom is -0.311 e. The Hall–Kier alpha value is -0.0800. The van der Waals surface area contributed by atoms with Gasteiger partial charge in [0.25, 0.3) is 0 Å². The molecule has 118 valence electrons. The van der Waals surface area contributed by atoms with E-state index in [2.05, 4.69) is 37.9 Å². The molecule has 2 nitrogen and oxygen atoms in total. The van der Waals surface area contributed by atoms with Gasteiger partial charge < -0.3 is 5.32 Å². The summed E-state index contributed by atoms with van der Waals surface area (Å²) in [7, 11) is 0. The molecule has 20 heavy (non-hydrogen) atoms. The van der Waals surface area contributed by atoms with Gasteiger partial charge in [0.15, 0.2) is 0 Å². The van der Waals surface area contributed by atoms with Crippen molar-refractivity contribution in [2.45, 2.75) is 90.8 Å². The smallest absolute Gasteiger partial charge is 0.0249 e. The van der Waals surface area contributed by atoms with Crippen LogP contribution in [-0.2, 0) is 0 Å². The highest BCUT2D eigenvalue weighted by Crippen LogP contribution is 2.30. The summed E-state index contributed by atoms with van der Waals surface area (Å²) in [6.07, 6.45) is 9.88. The zero-order valence-corrected chi connectivity index (χ0v) is 14.2. The Morgan fingerprint density at radius 1 is 1.05 bits per heavy atom. The van der Waals surface area contributed by atoms with Crippen molar-refractivity contribution in [1.29, 1.82) is 0 Å². The molecule has 2 heteroatoms. The third-order valence-electron chi connectivity index (χ3n) is 6.10. The lowest BCUT2D eigenvalue weighted by atomic mass is 9.81. The van der Waals surface area contributed by atoms with Crippen LogP contribution in [0.3, 0.4) is 0 Å². The summed E-state index contributed by atoms with van der Waals surface area (Å²) < 4.78 is 0. The molecule has 2 rings (SSSR count). The van der Waals surface area contributed by atoms with Crippen LogP contribution in [0.15, 0.2) is 0 Å². The lowest BCUT2D eigenvalue weighted by Crippen LogP contribution is -2.62. The molecule has 0 bridgehead atoms. The molecule has 2 fully saturated rings. The highest BCUT2D eigenvalue weighted by molar-refractivity contribution is 4.93. The fourth-order valence-electron chi connectivity index (χ4n) is 4.21. The average molecular weight is 280 g/mol. The predicted molar refractivity (Wildman–Crippen MR) is 88.1 cm³/mol. The van der Waals surface area contributed by atoms with Crippen molar-refractivity contribution >= 4 is 0 Å². The highest BCUT2D eigenvalue weighted by Gasteiger charge is 2.36. The normalized spacial score (nSPS) is 33.0. The molecule has 1 saturated carbocycles. The Kier molecular flexibility index (Phi) is 6.35. The summed E-state index contributed by atoms with van der Waals surface area (Å²) in [6.45, 7) is 12.0. The molecule has 0 spiro atoms. The standard InChI is InChI=1S/C18H36N2/c1-5-14(3)18-12-19-17(13-20(18)15(4)6-2)16-10-8-7-9-11-16/h14-19H,5-13H2,1-4H3. The fraction of sp³-hybridized carbons (Fsp3) is 1.00. The second-order valence-corrected chi connectivity index (χ2v) is 7.32. The third kappa shape index (κ3) is 3.76. The lowest BCUT2D eigenvalue weighted by Gasteiger charge is -2.48. The van der Waals surface area contributed by atoms with Crippen LogP contribution in [0.4, 0.5) is 0 Å². The number of hydrogen-bond donors (Lipinski definition) is 1. The molecule has 0 radical (unpaired) electrons. The molecule has 4 atom stereocenters. The van der Waals surface area contributed by atoms with Gasteiger partial charge in [-0.3, -0.25) is 4.90 Å². The van der Waals surface area contributed by atoms with E-state index in [9.17, 15) is 0 Å². The number of nitrogens with zero attached hydrogens (tertiary/aromatic N) is 1. The van der Waals surface area contributed by atoms with E-state index < -0.39 is 0 Å². The van der Waals surface area contributed by atoms with E-state index in [-0.39, 0.29) is 0 Å². The van der Waals surface area contributed by atoms with Crippen molar-refractivity contribution in [3.8, 4) is 0 Å². The minimum atomic E-state index is 0.738. The zero-order valence-electron chi connectivity index (χ0n) is 14.2. The van der Waals surface area contributed by atoms with E-state index in [1.165, 1.54) is 58.0 Å². The Bertz CT molecular complexity index is 273. The third-order valence-corrected chi connectivity index (χ3v) is 6.10. The number of piperazine rings is 1. The van der Waals surface area contributed by atoms with Crippen LogP contribution in [0.25, 0.3) is 0 Å². The summed E-state index contributed by atoms with van der Waals surface area (Å²) in [5.74, 6) is 1.75. The van der Waals surface area contributed by atoms with Crippen LogP contribution in [0.1, 0.15) is 72.6 Å². The van der Waals surface area contributed by atoms with Crippen molar-refractivity contribution in [2.75, 3.05) is 13.1 Å². The quantitative estimate of drug-likeness (QED) is 0.817. The first kappa shape index (κ1) is 16.3. The molecular weight excluding hydrogens is 244 g/mol. The first-order valence-electron chi connectivity index (χ1n) is 9.16. The maximum absolute atomic E-state index is 3.92. The van der Waals surface area contributed by atoms with E-state index in [4.69, 9.17) is 0 Å². The van der Waals surface area contributed by atoms with E-state index >= 15 is 0 Å². The summed E-state index contributed by atoms with van der Waals surface area (Å²) in [5, 5.41) is 3.92. The Labute approximate surface area is 126 Å². The van der Waals surface area contributed by atoms with Crippen molar-refractivity contribution < 1.29 is 0 Å². The van der Waals surface area contributed by atoms with Crippen LogP contribution in [-0.4, -0.2) is 36.1 Å². The molecule has 0 aromatic carbocycles. The van der Waals surface area contributed by atoms with E-state index in [0.717, 1.165) is 30.0 Å². The molecule has 4 unspecified atom stereocenters. The largest absolute Gasteiger partial charge is 0.311 e. The van der Waals surface area contributed by atoms with E-state index in [0.29, 0.717) is 0 Å². The monoisotopic (exact) mass is 280 g/mol. The zero-order chi connectivity index (χ0) is 14.5. The van der Waals surface area contributed by atoms with Crippen LogP contribution in [0.2, 0.25) is 0 Å². The first-order valence-corrected chi connectivity index (χ1v) is 9.16. The maximum atomic E-state index is 3.92. The Morgan fingerprint density at radius 2 is 1.75 bits per heavy atom. The fourth-order valence-corrected chi connectivity index (χ4v) is 4.21. The number of nitrogens with one attached hydrogen (secondary N) is 1. The molecule has 1 aliphatic heterocycles. The molecule has 0 aromatic heterocycles. The summed E-state index contributed by atoms with van der Waals surface area (Å²) in [5.41, 5.74) is 0. The van der Waals surface area contributed by atoms with E-state index in [1.807, 2.05) is 0 Å². The van der Waals surface area contributed by atoms with Crippen LogP contribution < -0.4 is 5.32 Å². The lowest BCUT2D eigenvalue weighted by molar-refractivity contribution is 0.0362. The van der Waals surface area contributed by atoms with Gasteiger partial charge in [-0.25, -0.2) is 0 Å². The van der Waals surface area contributed by atoms with Gasteiger partial charge in [0.2, 0.25) is 0 Å². The van der Waals surface area contributed by atoms with Crippen molar-refractivity contribution in [1.82, 2.24) is 10.2 Å². The minimum absolute atomic E-state index is 0.738. The highest BCUT2D eigenvalue weighted by atomic mass is 15.3. The van der Waals surface area contributed by atoms with Crippen LogP contribution >= 0.6 is 0 Å². The van der Waals surface area contributed by atoms with Gasteiger partial charge in [0.1, 0.15) is 0 Å². The molecule has 1 aliphatic carbocycles. The van der Waals surface area contributed by atoms with Gasteiger partial charge in [-0.1, -0.05) is 46.5 Å². The van der Waals surface area contributed by atoms with Gasteiger partial charge in [0.05, 0.1) is 0 Å². The summed E-state index contributed by atoms with van der Waals surface area (Å²) in [6, 6.07) is 2.24.